The van der Waals surface area contributed by atoms with Crippen LogP contribution in [-0.2, 0) is 4.74 Å². The van der Waals surface area contributed by atoms with Crippen molar-refractivity contribution < 1.29 is 4.74 Å². The van der Waals surface area contributed by atoms with Crippen molar-refractivity contribution in [2.45, 2.75) is 19.4 Å². The van der Waals surface area contributed by atoms with Crippen molar-refractivity contribution in [3.05, 3.63) is 0 Å². The smallest absolute Gasteiger partial charge is 0.191 e. The summed E-state index contributed by atoms with van der Waals surface area (Å²) in [6.07, 6.45) is 1.49. The molecule has 20 heavy (non-hydrogen) atoms. The molecule has 2 aliphatic rings. The number of nitrogens with two attached hydrogens (primary N) is 1. The molecule has 0 saturated carbocycles. The first-order valence-electron chi connectivity index (χ1n) is 7.26. The summed E-state index contributed by atoms with van der Waals surface area (Å²) in [4.78, 5) is 9.15. The van der Waals surface area contributed by atoms with Crippen LogP contribution in [0.4, 0.5) is 0 Å². The Balaban J connectivity index is 0.00000200. The first-order chi connectivity index (χ1) is 9.29. The molecule has 0 amide bonds. The molecular weight excluding hydrogens is 387 g/mol. The second kappa shape index (κ2) is 10.1. The summed E-state index contributed by atoms with van der Waals surface area (Å²) in [6.45, 7) is 8.94. The van der Waals surface area contributed by atoms with Crippen molar-refractivity contribution >= 4 is 41.7 Å². The fraction of sp³-hybridized carbons (Fsp3) is 0.923. The Bertz CT molecular complexity index is 300. The molecule has 7 heteroatoms. The van der Waals surface area contributed by atoms with E-state index >= 15 is 0 Å². The lowest BCUT2D eigenvalue weighted by Crippen LogP contribution is -2.44. The van der Waals surface area contributed by atoms with Crippen LogP contribution in [0.25, 0.3) is 0 Å². The van der Waals surface area contributed by atoms with Crippen LogP contribution in [0.5, 0.6) is 0 Å². The van der Waals surface area contributed by atoms with Gasteiger partial charge in [-0.2, -0.15) is 11.8 Å². The van der Waals surface area contributed by atoms with Gasteiger partial charge in [-0.3, -0.25) is 9.89 Å². The van der Waals surface area contributed by atoms with Crippen molar-refractivity contribution in [2.75, 3.05) is 57.4 Å². The number of ether oxygens (including phenoxy) is 1. The third-order valence-corrected chi connectivity index (χ3v) is 4.65. The fourth-order valence-corrected chi connectivity index (χ4v) is 3.33. The number of hydrogen-bond donors (Lipinski definition) is 1. The molecule has 0 radical (unpaired) electrons. The fourth-order valence-electron chi connectivity index (χ4n) is 2.43. The first-order valence-corrected chi connectivity index (χ1v) is 8.41. The van der Waals surface area contributed by atoms with E-state index in [-0.39, 0.29) is 24.0 Å². The lowest BCUT2D eigenvalue weighted by atomic mass is 10.2. The number of guanidine groups is 1. The number of aliphatic imine (C=N–C) groups is 1. The highest BCUT2D eigenvalue weighted by molar-refractivity contribution is 14.0. The standard InChI is InChI=1S/C13H26N4OS.HI/c1-2-12-11-16(5-8-18-12)4-3-15-13(14)17-6-9-19-10-7-17;/h12H,2-11H2,1H3,(H2,14,15);1H. The van der Waals surface area contributed by atoms with E-state index in [4.69, 9.17) is 10.5 Å². The third-order valence-electron chi connectivity index (χ3n) is 3.70. The van der Waals surface area contributed by atoms with Crippen LogP contribution in [0.3, 0.4) is 0 Å². The highest BCUT2D eigenvalue weighted by Gasteiger charge is 2.18. The van der Waals surface area contributed by atoms with E-state index in [9.17, 15) is 0 Å². The quantitative estimate of drug-likeness (QED) is 0.424. The van der Waals surface area contributed by atoms with Crippen molar-refractivity contribution in [3.8, 4) is 0 Å². The summed E-state index contributed by atoms with van der Waals surface area (Å²) in [5, 5.41) is 0. The van der Waals surface area contributed by atoms with Crippen molar-refractivity contribution in [1.29, 1.82) is 0 Å². The summed E-state index contributed by atoms with van der Waals surface area (Å²) < 4.78 is 5.67. The molecule has 5 nitrogen and oxygen atoms in total. The van der Waals surface area contributed by atoms with Gasteiger partial charge in [-0.25, -0.2) is 0 Å². The molecule has 2 rings (SSSR count). The lowest BCUT2D eigenvalue weighted by Gasteiger charge is -2.32. The molecule has 0 aliphatic carbocycles. The van der Waals surface area contributed by atoms with E-state index in [1.165, 1.54) is 0 Å². The van der Waals surface area contributed by atoms with Gasteiger partial charge < -0.3 is 15.4 Å². The Morgan fingerprint density at radius 3 is 2.80 bits per heavy atom. The van der Waals surface area contributed by atoms with Crippen LogP contribution in [0.15, 0.2) is 4.99 Å². The van der Waals surface area contributed by atoms with Crippen LogP contribution in [-0.4, -0.2) is 79.2 Å². The molecular formula is C13H27IN4OS. The minimum atomic E-state index is 0. The average Bonchev–Trinajstić information content (AvgIpc) is 2.48. The highest BCUT2D eigenvalue weighted by atomic mass is 127. The van der Waals surface area contributed by atoms with Crippen LogP contribution in [0.1, 0.15) is 13.3 Å². The largest absolute Gasteiger partial charge is 0.376 e. The van der Waals surface area contributed by atoms with Gasteiger partial charge in [0, 0.05) is 44.2 Å². The molecule has 2 N–H and O–H groups in total. The van der Waals surface area contributed by atoms with E-state index in [0.717, 1.165) is 69.8 Å². The molecule has 0 spiro atoms. The molecule has 118 valence electrons. The summed E-state index contributed by atoms with van der Waals surface area (Å²) in [7, 11) is 0. The summed E-state index contributed by atoms with van der Waals surface area (Å²) in [5.74, 6) is 3.05. The zero-order valence-electron chi connectivity index (χ0n) is 12.3. The summed E-state index contributed by atoms with van der Waals surface area (Å²) in [6, 6.07) is 0. The Labute approximate surface area is 143 Å². The molecule has 1 atom stereocenters. The highest BCUT2D eigenvalue weighted by Crippen LogP contribution is 2.09. The number of hydrogen-bond acceptors (Lipinski definition) is 4. The second-order valence-corrected chi connectivity index (χ2v) is 6.27. The average molecular weight is 414 g/mol. The maximum atomic E-state index is 6.04. The maximum absolute atomic E-state index is 6.04. The zero-order chi connectivity index (χ0) is 13.5. The van der Waals surface area contributed by atoms with Gasteiger partial charge in [0.2, 0.25) is 0 Å². The molecule has 1 unspecified atom stereocenters. The number of nitrogens with zero attached hydrogens (tertiary/aromatic N) is 3. The maximum Gasteiger partial charge on any atom is 0.191 e. The molecule has 0 bridgehead atoms. The molecule has 2 aliphatic heterocycles. The molecule has 2 saturated heterocycles. The number of halogens is 1. The van der Waals surface area contributed by atoms with Gasteiger partial charge in [-0.1, -0.05) is 6.92 Å². The lowest BCUT2D eigenvalue weighted by molar-refractivity contribution is -0.0284. The number of rotatable bonds is 4. The predicted molar refractivity (Wildman–Crippen MR) is 97.3 cm³/mol. The predicted octanol–water partition coefficient (Wildman–Crippen LogP) is 1.08. The summed E-state index contributed by atoms with van der Waals surface area (Å²) >= 11 is 1.99. The Morgan fingerprint density at radius 1 is 1.35 bits per heavy atom. The molecule has 2 heterocycles. The van der Waals surface area contributed by atoms with E-state index < -0.39 is 0 Å². The normalized spacial score (nSPS) is 25.4. The van der Waals surface area contributed by atoms with Gasteiger partial charge in [-0.05, 0) is 6.42 Å². The van der Waals surface area contributed by atoms with E-state index in [1.807, 2.05) is 11.8 Å². The van der Waals surface area contributed by atoms with Gasteiger partial charge >= 0.3 is 0 Å². The third kappa shape index (κ3) is 5.95. The Hall–Kier alpha value is 0.270. The first kappa shape index (κ1) is 18.3. The van der Waals surface area contributed by atoms with Gasteiger partial charge in [0.05, 0.1) is 19.3 Å². The topological polar surface area (TPSA) is 54.1 Å². The monoisotopic (exact) mass is 414 g/mol. The van der Waals surface area contributed by atoms with Gasteiger partial charge in [0.1, 0.15) is 0 Å². The van der Waals surface area contributed by atoms with Gasteiger partial charge in [0.25, 0.3) is 0 Å². The van der Waals surface area contributed by atoms with Gasteiger partial charge in [-0.15, -0.1) is 24.0 Å². The number of morpholine rings is 1. The van der Waals surface area contributed by atoms with E-state index in [2.05, 4.69) is 21.7 Å². The second-order valence-electron chi connectivity index (χ2n) is 5.04. The van der Waals surface area contributed by atoms with Crippen molar-refractivity contribution in [3.63, 3.8) is 0 Å². The van der Waals surface area contributed by atoms with Crippen LogP contribution < -0.4 is 5.73 Å². The van der Waals surface area contributed by atoms with E-state index in [1.54, 1.807) is 0 Å². The van der Waals surface area contributed by atoms with Crippen LogP contribution in [0.2, 0.25) is 0 Å². The molecule has 0 aromatic heterocycles. The zero-order valence-corrected chi connectivity index (χ0v) is 15.4. The Kier molecular flexibility index (Phi) is 9.23. The minimum absolute atomic E-state index is 0. The van der Waals surface area contributed by atoms with Gasteiger partial charge in [0.15, 0.2) is 5.96 Å². The Morgan fingerprint density at radius 2 is 2.10 bits per heavy atom. The molecule has 0 aromatic rings. The number of thioether (sulfide) groups is 1. The van der Waals surface area contributed by atoms with Crippen LogP contribution >= 0.6 is 35.7 Å². The SMILES string of the molecule is CCC1CN(CCN=C(N)N2CCSCC2)CCO1.I. The van der Waals surface area contributed by atoms with Crippen molar-refractivity contribution in [1.82, 2.24) is 9.80 Å². The summed E-state index contributed by atoms with van der Waals surface area (Å²) in [5.41, 5.74) is 6.04. The molecule has 0 aromatic carbocycles. The van der Waals surface area contributed by atoms with Crippen LogP contribution in [0, 0.1) is 0 Å². The minimum Gasteiger partial charge on any atom is -0.376 e. The molecule has 2 fully saturated rings. The van der Waals surface area contributed by atoms with E-state index in [0.29, 0.717) is 6.10 Å². The van der Waals surface area contributed by atoms with Crippen molar-refractivity contribution in [2.24, 2.45) is 10.7 Å².